The second kappa shape index (κ2) is 12.7. The summed E-state index contributed by atoms with van der Waals surface area (Å²) in [6.45, 7) is 7.86. The second-order valence-corrected chi connectivity index (χ2v) is 10.4. The number of para-hydroxylation sites is 2. The van der Waals surface area contributed by atoms with Crippen LogP contribution >= 0.6 is 0 Å². The summed E-state index contributed by atoms with van der Waals surface area (Å²) >= 11 is 0. The number of fused-ring (bicyclic) bond motifs is 2. The van der Waals surface area contributed by atoms with Gasteiger partial charge in [-0.1, -0.05) is 49.2 Å². The lowest BCUT2D eigenvalue weighted by Gasteiger charge is -2.10. The molecule has 0 aliphatic rings. The van der Waals surface area contributed by atoms with Gasteiger partial charge in [0.15, 0.2) is 11.4 Å². The van der Waals surface area contributed by atoms with Crippen molar-refractivity contribution in [1.29, 1.82) is 0 Å². The van der Waals surface area contributed by atoms with Crippen LogP contribution in [0.15, 0.2) is 69.0 Å². The number of hydrogen-bond donors (Lipinski definition) is 2. The van der Waals surface area contributed by atoms with Crippen LogP contribution in [0.2, 0.25) is 0 Å². The Morgan fingerprint density at radius 2 is 1.02 bits per heavy atom. The first-order chi connectivity index (χ1) is 19.2. The molecule has 2 aromatic heterocycles. The molecule has 0 bridgehead atoms. The van der Waals surface area contributed by atoms with Gasteiger partial charge in [-0.3, -0.25) is 9.59 Å². The van der Waals surface area contributed by atoms with Crippen LogP contribution in [-0.2, 0) is 9.59 Å². The summed E-state index contributed by atoms with van der Waals surface area (Å²) < 4.78 is 3.53. The minimum Gasteiger partial charge on any atom is -0.493 e. The minimum absolute atomic E-state index is 0.00421. The second-order valence-electron chi connectivity index (χ2n) is 10.4. The van der Waals surface area contributed by atoms with Crippen LogP contribution in [0.1, 0.15) is 78.3 Å². The van der Waals surface area contributed by atoms with Crippen molar-refractivity contribution in [3.63, 3.8) is 0 Å². The molecule has 4 aromatic rings. The first-order valence-electron chi connectivity index (χ1n) is 13.7. The molecule has 10 nitrogen and oxygen atoms in total. The number of unbranched alkanes of at least 4 members (excludes halogenated alkanes) is 3. The quantitative estimate of drug-likeness (QED) is 0.145. The number of carbonyl (C=O) groups is 2. The van der Waals surface area contributed by atoms with Crippen LogP contribution in [0.4, 0.5) is 11.4 Å². The van der Waals surface area contributed by atoms with Gasteiger partial charge in [-0.2, -0.15) is 0 Å². The van der Waals surface area contributed by atoms with Gasteiger partial charge >= 0.3 is 0 Å². The van der Waals surface area contributed by atoms with E-state index in [1.54, 1.807) is 9.13 Å². The van der Waals surface area contributed by atoms with Gasteiger partial charge < -0.3 is 19.3 Å². The summed E-state index contributed by atoms with van der Waals surface area (Å²) in [5, 5.41) is 38.6. The van der Waals surface area contributed by atoms with Crippen LogP contribution in [0.25, 0.3) is 21.8 Å². The lowest BCUT2D eigenvalue weighted by Crippen LogP contribution is -1.98. The average Bonchev–Trinajstić information content (AvgIpc) is 3.37. The van der Waals surface area contributed by atoms with Gasteiger partial charge in [-0.25, -0.2) is 0 Å². The van der Waals surface area contributed by atoms with Crippen molar-refractivity contribution in [2.75, 3.05) is 0 Å². The van der Waals surface area contributed by atoms with Crippen molar-refractivity contribution in [2.45, 2.75) is 78.3 Å². The highest BCUT2D eigenvalue weighted by Gasteiger charge is 2.19. The van der Waals surface area contributed by atoms with Gasteiger partial charge in [0.1, 0.15) is 0 Å². The summed E-state index contributed by atoms with van der Waals surface area (Å²) in [5.41, 5.74) is 2.27. The maximum absolute atomic E-state index is 12.3. The van der Waals surface area contributed by atoms with Crippen LogP contribution in [0.3, 0.4) is 0 Å². The highest BCUT2D eigenvalue weighted by atomic mass is 16.3. The van der Waals surface area contributed by atoms with Crippen molar-refractivity contribution in [3.8, 4) is 11.8 Å². The number of amides is 2. The fraction of sp³-hybridized carbons (Fsp3) is 0.400. The molecule has 0 radical (unpaired) electrons. The van der Waals surface area contributed by atoms with E-state index in [1.807, 2.05) is 76.2 Å². The summed E-state index contributed by atoms with van der Waals surface area (Å²) in [6, 6.07) is 15.0. The van der Waals surface area contributed by atoms with Crippen molar-refractivity contribution in [3.05, 3.63) is 48.5 Å². The monoisotopic (exact) mass is 544 g/mol. The van der Waals surface area contributed by atoms with Gasteiger partial charge in [0.25, 0.3) is 11.8 Å². The predicted octanol–water partition coefficient (Wildman–Crippen LogP) is 8.43. The first kappa shape index (κ1) is 28.7. The molecule has 2 aromatic carbocycles. The largest absolute Gasteiger partial charge is 0.493 e. The highest BCUT2D eigenvalue weighted by molar-refractivity contribution is 5.96. The van der Waals surface area contributed by atoms with Gasteiger partial charge in [0.2, 0.25) is 11.8 Å². The Bertz CT molecular complexity index is 1460. The molecule has 40 heavy (non-hydrogen) atoms. The van der Waals surface area contributed by atoms with E-state index in [-0.39, 0.29) is 48.5 Å². The lowest BCUT2D eigenvalue weighted by atomic mass is 10.1. The van der Waals surface area contributed by atoms with Crippen LogP contribution in [0, 0.1) is 0 Å². The molecular formula is C30H36N6O4. The van der Waals surface area contributed by atoms with E-state index in [2.05, 4.69) is 20.5 Å². The molecular weight excluding hydrogens is 508 g/mol. The summed E-state index contributed by atoms with van der Waals surface area (Å²) in [5.74, 6) is -0.719. The Balaban J connectivity index is 1.23. The topological polar surface area (TPSA) is 134 Å². The van der Waals surface area contributed by atoms with E-state index < -0.39 is 0 Å². The van der Waals surface area contributed by atoms with Crippen molar-refractivity contribution in [2.24, 2.45) is 20.5 Å². The third-order valence-corrected chi connectivity index (χ3v) is 6.80. The minimum atomic E-state index is -0.356. The number of azo groups is 2. The molecule has 2 amide bonds. The van der Waals surface area contributed by atoms with Crippen molar-refractivity contribution < 1.29 is 19.8 Å². The average molecular weight is 545 g/mol. The number of rotatable bonds is 11. The maximum Gasteiger partial charge on any atom is 0.264 e. The van der Waals surface area contributed by atoms with Crippen molar-refractivity contribution in [1.82, 2.24) is 9.13 Å². The van der Waals surface area contributed by atoms with Crippen LogP contribution in [0.5, 0.6) is 11.8 Å². The Labute approximate surface area is 233 Å². The smallest absolute Gasteiger partial charge is 0.264 e. The lowest BCUT2D eigenvalue weighted by molar-refractivity contribution is -0.119. The summed E-state index contributed by atoms with van der Waals surface area (Å²) in [4.78, 5) is 24.6. The van der Waals surface area contributed by atoms with E-state index in [0.717, 1.165) is 34.6 Å². The molecule has 0 saturated carbocycles. The number of nitrogens with zero attached hydrogens (tertiary/aromatic N) is 6. The Morgan fingerprint density at radius 1 is 0.650 bits per heavy atom. The Kier molecular flexibility index (Phi) is 9.08. The standard InChI is InChI=1S/C30H36N6O4/c1-19(2)35-23-15-11-9-13-21(23)27(29(35)39)33-31-25(37)17-7-5-6-8-18-26(38)32-34-28-22-14-10-12-16-24(22)36(20(3)4)30(28)40/h9-16,19-20,39-40H,5-8,17-18H2,1-4H3. The van der Waals surface area contributed by atoms with E-state index >= 15 is 0 Å². The number of hydrogen-bond acceptors (Lipinski definition) is 6. The van der Waals surface area contributed by atoms with Gasteiger partial charge in [-0.05, 0) is 52.7 Å². The molecule has 0 atom stereocenters. The Hall–Kier alpha value is -4.34. The van der Waals surface area contributed by atoms with E-state index in [4.69, 9.17) is 0 Å². The highest BCUT2D eigenvalue weighted by Crippen LogP contribution is 2.42. The van der Waals surface area contributed by atoms with Crippen molar-refractivity contribution >= 4 is 45.0 Å². The number of aromatic hydroxyl groups is 2. The molecule has 2 N–H and O–H groups in total. The van der Waals surface area contributed by atoms with E-state index in [0.29, 0.717) is 24.2 Å². The maximum atomic E-state index is 12.3. The molecule has 0 saturated heterocycles. The van der Waals surface area contributed by atoms with Crippen LogP contribution < -0.4 is 0 Å². The van der Waals surface area contributed by atoms with E-state index in [1.165, 1.54) is 0 Å². The molecule has 0 aliphatic heterocycles. The fourth-order valence-electron chi connectivity index (χ4n) is 4.93. The Morgan fingerprint density at radius 3 is 1.40 bits per heavy atom. The first-order valence-corrected chi connectivity index (χ1v) is 13.7. The van der Waals surface area contributed by atoms with Crippen LogP contribution in [-0.4, -0.2) is 31.2 Å². The molecule has 0 fully saturated rings. The third-order valence-electron chi connectivity index (χ3n) is 6.80. The zero-order chi connectivity index (χ0) is 28.8. The normalized spacial score (nSPS) is 12.2. The molecule has 10 heteroatoms. The number of benzene rings is 2. The van der Waals surface area contributed by atoms with Gasteiger partial charge in [0, 0.05) is 35.7 Å². The zero-order valence-corrected chi connectivity index (χ0v) is 23.4. The molecule has 2 heterocycles. The molecule has 0 spiro atoms. The van der Waals surface area contributed by atoms with Gasteiger partial charge in [0.05, 0.1) is 11.0 Å². The number of aromatic nitrogens is 2. The SMILES string of the molecule is CC(C)n1c(O)c(N=NC(=O)CCCCCCC(=O)N=Nc2c(O)n(C(C)C)c3ccccc23)c2ccccc21. The zero-order valence-electron chi connectivity index (χ0n) is 23.4. The number of carbonyl (C=O) groups excluding carboxylic acids is 2. The molecule has 210 valence electrons. The summed E-state index contributed by atoms with van der Waals surface area (Å²) in [6.07, 6.45) is 3.23. The van der Waals surface area contributed by atoms with E-state index in [9.17, 15) is 19.8 Å². The summed E-state index contributed by atoms with van der Waals surface area (Å²) in [7, 11) is 0. The third kappa shape index (κ3) is 6.11. The predicted molar refractivity (Wildman–Crippen MR) is 155 cm³/mol. The van der Waals surface area contributed by atoms with Gasteiger partial charge in [-0.15, -0.1) is 20.5 Å². The molecule has 0 aliphatic carbocycles. The molecule has 0 unspecified atom stereocenters. The fourth-order valence-corrected chi connectivity index (χ4v) is 4.93. The molecule has 4 rings (SSSR count).